The van der Waals surface area contributed by atoms with E-state index in [1.165, 1.54) is 257 Å². The molecular formula is C96H184N8O8. The summed E-state index contributed by atoms with van der Waals surface area (Å²) < 4.78 is 58.4. The Kier molecular flexibility index (Phi) is 49.0. The average Bonchev–Trinajstić information content (AvgIpc) is 1.59. The first-order valence-electron chi connectivity index (χ1n) is 50.3. The summed E-state index contributed by atoms with van der Waals surface area (Å²) in [5.74, 6) is 2.64. The van der Waals surface area contributed by atoms with Crippen LogP contribution < -0.4 is 42.5 Å². The zero-order chi connectivity index (χ0) is 78.4. The van der Waals surface area contributed by atoms with Gasteiger partial charge in [0, 0.05) is 52.9 Å². The number of nitrogens with one attached hydrogen (secondary N) is 8. The summed E-state index contributed by atoms with van der Waals surface area (Å²) >= 11 is 0. The molecule has 656 valence electrons. The predicted octanol–water partition coefficient (Wildman–Crippen LogP) is 21.5. The van der Waals surface area contributed by atoms with E-state index in [-0.39, 0.29) is 98.2 Å². The number of unbranched alkanes of at least 4 members (excludes halogenated alkanes) is 40. The molecule has 9 aliphatic rings. The molecule has 0 spiro atoms. The second-order valence-corrected chi connectivity index (χ2v) is 37.8. The largest absolute Gasteiger partial charge is 0.376 e. The number of hydrogen-bond acceptors (Lipinski definition) is 16. The second kappa shape index (κ2) is 57.6. The summed E-state index contributed by atoms with van der Waals surface area (Å²) in [4.78, 5) is 0. The van der Waals surface area contributed by atoms with Crippen LogP contribution in [0.25, 0.3) is 0 Å². The van der Waals surface area contributed by atoms with Crippen LogP contribution in [-0.2, 0) is 37.9 Å². The molecule has 8 bridgehead atoms. The molecule has 5 aliphatic heterocycles. The number of rotatable bonds is 64. The van der Waals surface area contributed by atoms with Crippen LogP contribution in [0.15, 0.2) is 0 Å². The number of ether oxygens (including phenoxy) is 8. The quantitative estimate of drug-likeness (QED) is 0.0270. The van der Waals surface area contributed by atoms with E-state index in [1.807, 2.05) is 0 Å². The van der Waals surface area contributed by atoms with E-state index in [4.69, 9.17) is 37.9 Å². The van der Waals surface area contributed by atoms with E-state index in [0.717, 1.165) is 156 Å². The topological polar surface area (TPSA) is 170 Å². The summed E-state index contributed by atoms with van der Waals surface area (Å²) in [5, 5.41) is 36.5. The van der Waals surface area contributed by atoms with Gasteiger partial charge in [-0.25, -0.2) is 0 Å². The highest BCUT2D eigenvalue weighted by Gasteiger charge is 2.60. The van der Waals surface area contributed by atoms with Gasteiger partial charge in [0.25, 0.3) is 0 Å². The van der Waals surface area contributed by atoms with Gasteiger partial charge in [-0.15, -0.1) is 0 Å². The zero-order valence-electron chi connectivity index (χ0n) is 74.4. The lowest BCUT2D eigenvalue weighted by Gasteiger charge is -2.43. The number of fused-ring (bicyclic) bond motifs is 20. The first kappa shape index (κ1) is 95.2. The van der Waals surface area contributed by atoms with Crippen LogP contribution >= 0.6 is 0 Å². The molecule has 4 saturated carbocycles. The molecule has 0 aromatic rings. The van der Waals surface area contributed by atoms with Gasteiger partial charge < -0.3 is 37.9 Å². The van der Waals surface area contributed by atoms with Crippen molar-refractivity contribution in [1.29, 1.82) is 0 Å². The Morgan fingerprint density at radius 1 is 0.143 bits per heavy atom. The molecule has 0 radical (unpaired) electrons. The van der Waals surface area contributed by atoms with Crippen LogP contribution in [0.4, 0.5) is 0 Å². The van der Waals surface area contributed by atoms with Crippen LogP contribution in [0.1, 0.15) is 415 Å². The molecule has 0 aromatic carbocycles. The maximum Gasteiger partial charge on any atom is 0.0840 e. The van der Waals surface area contributed by atoms with Crippen molar-refractivity contribution < 1.29 is 37.9 Å². The van der Waals surface area contributed by atoms with Gasteiger partial charge in [-0.1, -0.05) is 312 Å². The minimum atomic E-state index is 0.0521. The third kappa shape index (κ3) is 32.3. The molecule has 9 fully saturated rings. The molecule has 16 nitrogen and oxygen atoms in total. The summed E-state index contributed by atoms with van der Waals surface area (Å²) in [6.07, 6.45) is 69.4. The summed E-state index contributed by atoms with van der Waals surface area (Å²) in [6.45, 7) is 25.1. The molecule has 0 aromatic heterocycles. The third-order valence-electron chi connectivity index (χ3n) is 28.8. The Hall–Kier alpha value is -0.640. The lowest BCUT2D eigenvalue weighted by molar-refractivity contribution is -0.123. The van der Waals surface area contributed by atoms with E-state index in [2.05, 4.69) is 97.9 Å². The van der Waals surface area contributed by atoms with E-state index < -0.39 is 0 Å². The fraction of sp³-hybridized carbons (Fsp3) is 1.00. The molecule has 0 amide bonds. The molecule has 4 aliphatic carbocycles. The van der Waals surface area contributed by atoms with Crippen molar-refractivity contribution in [2.45, 2.75) is 513 Å². The van der Waals surface area contributed by atoms with Crippen LogP contribution in [0.2, 0.25) is 0 Å². The van der Waals surface area contributed by atoms with Gasteiger partial charge >= 0.3 is 0 Å². The SMILES string of the molecule is CCCCCCCCOC1CC2C3NC(NC4NC(NC5NC(NC6NC(N3)C3CC(OCCCCCCCC)C(OCCCCCCCC)CC63)C3CC(OCCCCCCCC)C(OCCCCCCCC)CC53)C3CC(OCCCCCCCC)C(OCCCCCCCC)CC43)C2CC1OCCCCCCCC. The average molecular weight is 1580 g/mol. The Morgan fingerprint density at radius 3 is 0.348 bits per heavy atom. The summed E-state index contributed by atoms with van der Waals surface area (Å²) in [6, 6.07) is 0. The van der Waals surface area contributed by atoms with Crippen molar-refractivity contribution in [2.75, 3.05) is 52.9 Å². The van der Waals surface area contributed by atoms with Gasteiger partial charge in [0.05, 0.1) is 98.2 Å². The van der Waals surface area contributed by atoms with Crippen molar-refractivity contribution >= 4 is 0 Å². The Balaban J connectivity index is 1.08. The zero-order valence-corrected chi connectivity index (χ0v) is 74.4. The Labute approximate surface area is 690 Å². The smallest absolute Gasteiger partial charge is 0.0840 e. The normalized spacial score (nSPS) is 33.6. The van der Waals surface area contributed by atoms with Crippen molar-refractivity contribution in [3.8, 4) is 0 Å². The van der Waals surface area contributed by atoms with E-state index in [9.17, 15) is 0 Å². The molecule has 8 N–H and O–H groups in total. The third-order valence-corrected chi connectivity index (χ3v) is 28.8. The first-order valence-corrected chi connectivity index (χ1v) is 50.3. The maximum absolute atomic E-state index is 7.30. The molecule has 16 heteroatoms. The monoisotopic (exact) mass is 1580 g/mol. The van der Waals surface area contributed by atoms with Gasteiger partial charge in [0.2, 0.25) is 0 Å². The predicted molar refractivity (Wildman–Crippen MR) is 465 cm³/mol. The summed E-state index contributed by atoms with van der Waals surface area (Å²) in [5.41, 5.74) is 0. The molecule has 9 rings (SSSR count). The highest BCUT2D eigenvalue weighted by Crippen LogP contribution is 2.49. The Bertz CT molecular complexity index is 1840. The fourth-order valence-electron chi connectivity index (χ4n) is 22.1. The molecule has 5 saturated heterocycles. The minimum absolute atomic E-state index is 0.0521. The van der Waals surface area contributed by atoms with E-state index >= 15 is 0 Å². The standard InChI is InChI=1S/C96H184N8O8/c1-9-17-25-33-41-49-57-105-81-65-73-74(66-82(81)106-58-50-42-34-26-18-10-2)90-97-89(73)101-91-75-67-83(107-59-51-43-35-27-19-11-3)84(108-60-52-44-36-28-20-12-4)68-76(75)93(98-91)103-95-79-71-87(111-63-55-47-39-31-23-15-7)88(112-64-56-48-40-32-24-16-8)72-80(79)96(100-95)104-94-78-70-86(110-62-54-46-38-30-22-14-6)85(69-77(78)92(99-94)102-90)109-61-53-45-37-29-21-13-5/h73-104H,9-72H2,1-8H3. The van der Waals surface area contributed by atoms with Crippen molar-refractivity contribution in [1.82, 2.24) is 42.5 Å². The molecule has 16 atom stereocenters. The van der Waals surface area contributed by atoms with Crippen molar-refractivity contribution in [3.63, 3.8) is 0 Å². The van der Waals surface area contributed by atoms with Gasteiger partial charge in [0.15, 0.2) is 0 Å². The van der Waals surface area contributed by atoms with Crippen LogP contribution in [0.3, 0.4) is 0 Å². The second-order valence-electron chi connectivity index (χ2n) is 37.8. The first-order chi connectivity index (χ1) is 55.3. The van der Waals surface area contributed by atoms with E-state index in [1.54, 1.807) is 0 Å². The highest BCUT2D eigenvalue weighted by molar-refractivity contribution is 5.12. The van der Waals surface area contributed by atoms with Crippen LogP contribution in [0, 0.1) is 47.3 Å². The fourth-order valence-corrected chi connectivity index (χ4v) is 22.1. The van der Waals surface area contributed by atoms with Gasteiger partial charge in [0.1, 0.15) is 0 Å². The van der Waals surface area contributed by atoms with Crippen molar-refractivity contribution in [3.05, 3.63) is 0 Å². The lowest BCUT2D eigenvalue weighted by Crippen LogP contribution is -2.61. The van der Waals surface area contributed by atoms with Crippen molar-refractivity contribution in [2.24, 2.45) is 47.3 Å². The van der Waals surface area contributed by atoms with E-state index in [0.29, 0.717) is 47.3 Å². The molecule has 112 heavy (non-hydrogen) atoms. The Morgan fingerprint density at radius 2 is 0.241 bits per heavy atom. The van der Waals surface area contributed by atoms with Crippen LogP contribution in [0.5, 0.6) is 0 Å². The molecule has 5 heterocycles. The van der Waals surface area contributed by atoms with Gasteiger partial charge in [-0.3, -0.25) is 42.5 Å². The molecular weight excluding hydrogens is 1390 g/mol. The van der Waals surface area contributed by atoms with Crippen LogP contribution in [-0.4, -0.2) is 151 Å². The lowest BCUT2D eigenvalue weighted by atomic mass is 9.73. The molecule has 16 unspecified atom stereocenters. The maximum atomic E-state index is 7.30. The highest BCUT2D eigenvalue weighted by atomic mass is 16.6. The minimum Gasteiger partial charge on any atom is -0.376 e. The number of hydrogen-bond donors (Lipinski definition) is 8. The van der Waals surface area contributed by atoms with Gasteiger partial charge in [-0.05, 0) is 150 Å². The van der Waals surface area contributed by atoms with Gasteiger partial charge in [-0.2, -0.15) is 0 Å². The summed E-state index contributed by atoms with van der Waals surface area (Å²) in [7, 11) is 0.